The molecule has 0 radical (unpaired) electrons. The van der Waals surface area contributed by atoms with Crippen molar-refractivity contribution in [2.24, 2.45) is 0 Å². The van der Waals surface area contributed by atoms with Crippen molar-refractivity contribution < 1.29 is 4.74 Å². The summed E-state index contributed by atoms with van der Waals surface area (Å²) in [6.45, 7) is 0. The van der Waals surface area contributed by atoms with Crippen LogP contribution >= 0.6 is 0 Å². The zero-order valence-corrected chi connectivity index (χ0v) is 11.9. The molecule has 2 aliphatic rings. The van der Waals surface area contributed by atoms with E-state index in [1.165, 1.54) is 56.5 Å². The smallest absolute Gasteiger partial charge is 0.155 e. The summed E-state index contributed by atoms with van der Waals surface area (Å²) < 4.78 is 6.08. The highest BCUT2D eigenvalue weighted by Gasteiger charge is 2.26. The first-order chi connectivity index (χ1) is 8.92. The highest BCUT2D eigenvalue weighted by molar-refractivity contribution is 7.97. The molecule has 0 bridgehead atoms. The van der Waals surface area contributed by atoms with Gasteiger partial charge in [0.1, 0.15) is 17.3 Å². The first-order valence-corrected chi connectivity index (χ1v) is 8.92. The number of ether oxygens (including phenoxy) is 1. The summed E-state index contributed by atoms with van der Waals surface area (Å²) in [5.41, 5.74) is 0. The average molecular weight is 263 g/mol. The van der Waals surface area contributed by atoms with Crippen molar-refractivity contribution in [3.05, 3.63) is 24.3 Å². The maximum Gasteiger partial charge on any atom is 0.155 e. The van der Waals surface area contributed by atoms with Crippen molar-refractivity contribution >= 4 is 10.9 Å². The topological polar surface area (TPSA) is 9.23 Å². The van der Waals surface area contributed by atoms with Gasteiger partial charge in [-0.15, -0.1) is 0 Å². The maximum atomic E-state index is 6.08. The van der Waals surface area contributed by atoms with E-state index in [1.54, 1.807) is 4.90 Å². The Morgan fingerprint density at radius 2 is 1.50 bits per heavy atom. The fourth-order valence-electron chi connectivity index (χ4n) is 2.98. The Kier molecular flexibility index (Phi) is 4.14. The van der Waals surface area contributed by atoms with Crippen molar-refractivity contribution in [2.45, 2.75) is 55.9 Å². The van der Waals surface area contributed by atoms with Crippen LogP contribution in [0.15, 0.2) is 29.2 Å². The summed E-state index contributed by atoms with van der Waals surface area (Å²) >= 11 is 0. The molecule has 1 aromatic rings. The Bertz CT molecular complexity index is 361. The number of hydrogen-bond donors (Lipinski definition) is 0. The molecule has 0 amide bonds. The standard InChI is InChI=1S/C16H23OS/c1-2-6-14(7-3-1)17-15-8-10-16(11-9-15)18-12-4-5-13-18/h8-11,14H,1-7,12-13H2/q+1. The average Bonchev–Trinajstić information content (AvgIpc) is 2.95. The van der Waals surface area contributed by atoms with E-state index in [9.17, 15) is 0 Å². The van der Waals surface area contributed by atoms with Gasteiger partial charge >= 0.3 is 0 Å². The van der Waals surface area contributed by atoms with Crippen molar-refractivity contribution in [1.29, 1.82) is 0 Å². The van der Waals surface area contributed by atoms with Crippen LogP contribution in [0.2, 0.25) is 0 Å². The molecule has 1 aliphatic carbocycles. The molecule has 1 aliphatic heterocycles. The van der Waals surface area contributed by atoms with Crippen LogP contribution in [0.4, 0.5) is 0 Å². The Balaban J connectivity index is 1.59. The lowest BCUT2D eigenvalue weighted by Gasteiger charge is -2.22. The highest BCUT2D eigenvalue weighted by Crippen LogP contribution is 2.27. The van der Waals surface area contributed by atoms with Gasteiger partial charge in [-0.1, -0.05) is 6.42 Å². The minimum atomic E-state index is 0.471. The van der Waals surface area contributed by atoms with E-state index in [0.717, 1.165) is 5.75 Å². The molecule has 2 fully saturated rings. The summed E-state index contributed by atoms with van der Waals surface area (Å²) in [6, 6.07) is 8.98. The number of benzene rings is 1. The number of rotatable bonds is 3. The van der Waals surface area contributed by atoms with E-state index in [-0.39, 0.29) is 0 Å². The molecule has 0 spiro atoms. The third kappa shape index (κ3) is 3.03. The molecule has 0 atom stereocenters. The van der Waals surface area contributed by atoms with Gasteiger partial charge in [0.2, 0.25) is 0 Å². The van der Waals surface area contributed by atoms with Gasteiger partial charge < -0.3 is 4.74 Å². The molecule has 1 heterocycles. The molecule has 1 saturated carbocycles. The van der Waals surface area contributed by atoms with Gasteiger partial charge in [-0.3, -0.25) is 0 Å². The summed E-state index contributed by atoms with van der Waals surface area (Å²) in [5.74, 6) is 3.89. The molecule has 98 valence electrons. The van der Waals surface area contributed by atoms with E-state index in [4.69, 9.17) is 4.74 Å². The Morgan fingerprint density at radius 3 is 2.17 bits per heavy atom. The van der Waals surface area contributed by atoms with Crippen LogP contribution in [0.3, 0.4) is 0 Å². The van der Waals surface area contributed by atoms with Crippen LogP contribution in [-0.2, 0) is 10.9 Å². The molecule has 3 rings (SSSR count). The van der Waals surface area contributed by atoms with Gasteiger partial charge in [0.15, 0.2) is 4.90 Å². The summed E-state index contributed by atoms with van der Waals surface area (Å²) in [5, 5.41) is 0. The monoisotopic (exact) mass is 263 g/mol. The lowest BCUT2D eigenvalue weighted by Crippen LogP contribution is -2.19. The van der Waals surface area contributed by atoms with Crippen LogP contribution in [0, 0.1) is 0 Å². The van der Waals surface area contributed by atoms with Crippen molar-refractivity contribution in [3.8, 4) is 5.75 Å². The Labute approximate surface area is 113 Å². The predicted molar refractivity (Wildman–Crippen MR) is 78.5 cm³/mol. The van der Waals surface area contributed by atoms with Gasteiger partial charge in [0.05, 0.1) is 6.10 Å². The lowest BCUT2D eigenvalue weighted by atomic mass is 9.98. The molecule has 0 aromatic heterocycles. The van der Waals surface area contributed by atoms with Crippen LogP contribution in [-0.4, -0.2) is 17.6 Å². The van der Waals surface area contributed by atoms with Gasteiger partial charge in [0.25, 0.3) is 0 Å². The molecule has 0 N–H and O–H groups in total. The fourth-order valence-corrected chi connectivity index (χ4v) is 5.28. The molecular weight excluding hydrogens is 240 g/mol. The summed E-state index contributed by atoms with van der Waals surface area (Å²) in [7, 11) is 0.539. The molecule has 0 unspecified atom stereocenters. The van der Waals surface area contributed by atoms with E-state index in [0.29, 0.717) is 17.0 Å². The largest absolute Gasteiger partial charge is 0.490 e. The zero-order valence-electron chi connectivity index (χ0n) is 11.1. The van der Waals surface area contributed by atoms with Crippen LogP contribution < -0.4 is 4.74 Å². The second-order valence-corrected chi connectivity index (χ2v) is 7.73. The first kappa shape index (κ1) is 12.4. The molecule has 1 nitrogen and oxygen atoms in total. The van der Waals surface area contributed by atoms with Gasteiger partial charge in [-0.25, -0.2) is 0 Å². The predicted octanol–water partition coefficient (Wildman–Crippen LogP) is 4.17. The first-order valence-electron chi connectivity index (χ1n) is 7.36. The highest BCUT2D eigenvalue weighted by atomic mass is 32.2. The second-order valence-electron chi connectivity index (χ2n) is 5.46. The van der Waals surface area contributed by atoms with Gasteiger partial charge in [0, 0.05) is 10.9 Å². The summed E-state index contributed by atoms with van der Waals surface area (Å²) in [6.07, 6.45) is 9.86. The Hall–Kier alpha value is -0.630. The van der Waals surface area contributed by atoms with Crippen molar-refractivity contribution in [2.75, 3.05) is 11.5 Å². The molecule has 2 heteroatoms. The molecule has 1 aromatic carbocycles. The van der Waals surface area contributed by atoms with E-state index >= 15 is 0 Å². The Morgan fingerprint density at radius 1 is 0.833 bits per heavy atom. The number of hydrogen-bond acceptors (Lipinski definition) is 1. The molecule has 1 saturated heterocycles. The van der Waals surface area contributed by atoms with Crippen LogP contribution in [0.25, 0.3) is 0 Å². The fraction of sp³-hybridized carbons (Fsp3) is 0.625. The van der Waals surface area contributed by atoms with E-state index in [2.05, 4.69) is 24.3 Å². The maximum absolute atomic E-state index is 6.08. The molecular formula is C16H23OS+. The minimum Gasteiger partial charge on any atom is -0.490 e. The summed E-state index contributed by atoms with van der Waals surface area (Å²) in [4.78, 5) is 1.54. The second kappa shape index (κ2) is 6.01. The molecule has 18 heavy (non-hydrogen) atoms. The quantitative estimate of drug-likeness (QED) is 0.744. The van der Waals surface area contributed by atoms with E-state index in [1.807, 2.05) is 0 Å². The van der Waals surface area contributed by atoms with Crippen LogP contribution in [0.1, 0.15) is 44.9 Å². The van der Waals surface area contributed by atoms with Gasteiger partial charge in [-0.2, -0.15) is 0 Å². The SMILES string of the molecule is c1cc([S+]2CCCC2)ccc1OC1CCCCC1. The van der Waals surface area contributed by atoms with Crippen LogP contribution in [0.5, 0.6) is 5.75 Å². The third-order valence-corrected chi connectivity index (χ3v) is 6.55. The van der Waals surface area contributed by atoms with E-state index < -0.39 is 0 Å². The normalized spacial score (nSPS) is 22.2. The third-order valence-electron chi connectivity index (χ3n) is 4.04. The zero-order chi connectivity index (χ0) is 12.2. The minimum absolute atomic E-state index is 0.471. The van der Waals surface area contributed by atoms with Crippen molar-refractivity contribution in [3.63, 3.8) is 0 Å². The lowest BCUT2D eigenvalue weighted by molar-refractivity contribution is 0.155. The van der Waals surface area contributed by atoms with Gasteiger partial charge in [-0.05, 0) is 62.8 Å². The van der Waals surface area contributed by atoms with Crippen molar-refractivity contribution in [1.82, 2.24) is 0 Å².